The molecule has 1 fully saturated rings. The van der Waals surface area contributed by atoms with Crippen LogP contribution in [0.4, 0.5) is 5.82 Å². The molecule has 0 saturated heterocycles. The van der Waals surface area contributed by atoms with Gasteiger partial charge in [-0.25, -0.2) is 4.98 Å². The van der Waals surface area contributed by atoms with Gasteiger partial charge in [-0.1, -0.05) is 24.3 Å². The fourth-order valence-corrected chi connectivity index (χ4v) is 4.60. The predicted octanol–water partition coefficient (Wildman–Crippen LogP) is 3.47. The second-order valence-electron chi connectivity index (χ2n) is 9.12. The summed E-state index contributed by atoms with van der Waals surface area (Å²) >= 11 is 0. The van der Waals surface area contributed by atoms with Crippen LogP contribution in [0.25, 0.3) is 16.6 Å². The second-order valence-corrected chi connectivity index (χ2v) is 9.12. The zero-order valence-electron chi connectivity index (χ0n) is 19.6. The Labute approximate surface area is 202 Å². The van der Waals surface area contributed by atoms with Crippen molar-refractivity contribution in [1.29, 1.82) is 0 Å². The number of amides is 1. The van der Waals surface area contributed by atoms with Gasteiger partial charge >= 0.3 is 0 Å². The molecule has 0 unspecified atom stereocenters. The summed E-state index contributed by atoms with van der Waals surface area (Å²) in [5.41, 5.74) is 5.08. The molecule has 6 rings (SSSR count). The number of hydrogen-bond donors (Lipinski definition) is 2. The Morgan fingerprint density at radius 1 is 1.11 bits per heavy atom. The lowest BCUT2D eigenvalue weighted by Gasteiger charge is -2.11. The van der Waals surface area contributed by atoms with E-state index in [2.05, 4.69) is 44.0 Å². The standard InChI is InChI=1S/C26H26N8O/c1-16-11-19(33(2)32-16)15-27-25-13-23(31-24-9-10-29-34(24)25)26(35)28-14-18-12-20(18)22-8-7-17-5-3-4-6-21(17)30-22/h3-11,13,18,20,27H,12,14-15H2,1-2H3,(H,28,35)/t18-,20+/m1/s1. The number of carbonyl (C=O) groups excluding carboxylic acids is 1. The molecule has 1 aliphatic rings. The number of hydrogen-bond acceptors (Lipinski definition) is 6. The van der Waals surface area contributed by atoms with E-state index in [1.165, 1.54) is 0 Å². The van der Waals surface area contributed by atoms with E-state index in [1.807, 2.05) is 42.9 Å². The molecule has 2 atom stereocenters. The van der Waals surface area contributed by atoms with Gasteiger partial charge in [0.2, 0.25) is 0 Å². The van der Waals surface area contributed by atoms with Crippen LogP contribution in [0.15, 0.2) is 60.8 Å². The summed E-state index contributed by atoms with van der Waals surface area (Å²) in [6.07, 6.45) is 2.70. The fraction of sp³-hybridized carbons (Fsp3) is 0.269. The Morgan fingerprint density at radius 3 is 2.86 bits per heavy atom. The number of benzene rings is 1. The molecule has 1 aromatic carbocycles. The molecule has 9 heteroatoms. The van der Waals surface area contributed by atoms with E-state index >= 15 is 0 Å². The smallest absolute Gasteiger partial charge is 0.270 e. The summed E-state index contributed by atoms with van der Waals surface area (Å²) in [4.78, 5) is 22.3. The fourth-order valence-electron chi connectivity index (χ4n) is 4.60. The first-order valence-electron chi connectivity index (χ1n) is 11.8. The second kappa shape index (κ2) is 8.50. The molecular weight excluding hydrogens is 440 g/mol. The Hall–Kier alpha value is -4.27. The molecular formula is C26H26N8O. The van der Waals surface area contributed by atoms with Crippen molar-refractivity contribution >= 4 is 28.3 Å². The van der Waals surface area contributed by atoms with E-state index in [0.29, 0.717) is 42.1 Å². The van der Waals surface area contributed by atoms with Crippen LogP contribution in [0.3, 0.4) is 0 Å². The number of pyridine rings is 1. The van der Waals surface area contributed by atoms with Crippen molar-refractivity contribution in [1.82, 2.24) is 34.7 Å². The molecule has 2 N–H and O–H groups in total. The van der Waals surface area contributed by atoms with Crippen molar-refractivity contribution in [2.45, 2.75) is 25.8 Å². The van der Waals surface area contributed by atoms with Crippen LogP contribution in [0.2, 0.25) is 0 Å². The molecule has 0 bridgehead atoms. The van der Waals surface area contributed by atoms with Crippen molar-refractivity contribution in [3.05, 3.63) is 83.6 Å². The molecule has 4 heterocycles. The van der Waals surface area contributed by atoms with Gasteiger partial charge in [0.15, 0.2) is 5.65 Å². The molecule has 4 aromatic heterocycles. The SMILES string of the molecule is Cc1cc(CNc2cc(C(=O)NC[C@H]3C[C@@H]3c3ccc4ccccc4n3)nc3ccnn23)n(C)n1. The molecule has 0 radical (unpaired) electrons. The highest BCUT2D eigenvalue weighted by Crippen LogP contribution is 2.46. The third kappa shape index (κ3) is 4.21. The minimum Gasteiger partial charge on any atom is -0.364 e. The number of nitrogens with zero attached hydrogens (tertiary/aromatic N) is 6. The summed E-state index contributed by atoms with van der Waals surface area (Å²) < 4.78 is 3.54. The number of aryl methyl sites for hydroxylation is 2. The topological polar surface area (TPSA) is 102 Å². The molecule has 176 valence electrons. The molecule has 5 aromatic rings. The van der Waals surface area contributed by atoms with Gasteiger partial charge in [-0.2, -0.15) is 14.7 Å². The van der Waals surface area contributed by atoms with E-state index in [9.17, 15) is 4.79 Å². The first-order chi connectivity index (χ1) is 17.0. The van der Waals surface area contributed by atoms with Gasteiger partial charge in [0, 0.05) is 42.7 Å². The monoisotopic (exact) mass is 466 g/mol. The molecule has 1 saturated carbocycles. The zero-order chi connectivity index (χ0) is 23.9. The van der Waals surface area contributed by atoms with Gasteiger partial charge in [0.1, 0.15) is 11.5 Å². The Bertz CT molecular complexity index is 1550. The normalized spacial score (nSPS) is 17.1. The lowest BCUT2D eigenvalue weighted by atomic mass is 10.1. The van der Waals surface area contributed by atoms with Crippen LogP contribution in [-0.4, -0.2) is 41.8 Å². The lowest BCUT2D eigenvalue weighted by Crippen LogP contribution is -2.27. The highest BCUT2D eigenvalue weighted by Gasteiger charge is 2.39. The van der Waals surface area contributed by atoms with E-state index in [1.54, 1.807) is 22.8 Å². The Morgan fingerprint density at radius 2 is 2.00 bits per heavy atom. The van der Waals surface area contributed by atoms with Crippen LogP contribution in [-0.2, 0) is 13.6 Å². The van der Waals surface area contributed by atoms with E-state index in [4.69, 9.17) is 4.98 Å². The highest BCUT2D eigenvalue weighted by atomic mass is 16.1. The number of carbonyl (C=O) groups is 1. The van der Waals surface area contributed by atoms with Gasteiger partial charge in [-0.05, 0) is 37.5 Å². The summed E-state index contributed by atoms with van der Waals surface area (Å²) in [6, 6.07) is 17.9. The summed E-state index contributed by atoms with van der Waals surface area (Å²) in [5, 5.41) is 16.3. The van der Waals surface area contributed by atoms with E-state index < -0.39 is 0 Å². The van der Waals surface area contributed by atoms with Crippen LogP contribution in [0, 0.1) is 12.8 Å². The third-order valence-corrected chi connectivity index (χ3v) is 6.59. The van der Waals surface area contributed by atoms with Crippen LogP contribution in [0.5, 0.6) is 0 Å². The highest BCUT2D eigenvalue weighted by molar-refractivity contribution is 5.93. The third-order valence-electron chi connectivity index (χ3n) is 6.59. The largest absolute Gasteiger partial charge is 0.364 e. The average Bonchev–Trinajstić information content (AvgIpc) is 3.35. The quantitative estimate of drug-likeness (QED) is 0.381. The average molecular weight is 467 g/mol. The van der Waals surface area contributed by atoms with Gasteiger partial charge in [-0.15, -0.1) is 0 Å². The molecule has 35 heavy (non-hydrogen) atoms. The number of fused-ring (bicyclic) bond motifs is 2. The summed E-state index contributed by atoms with van der Waals surface area (Å²) in [6.45, 7) is 3.12. The van der Waals surface area contributed by atoms with Gasteiger partial charge in [0.25, 0.3) is 5.91 Å². The number of rotatable bonds is 7. The Kier molecular flexibility index (Phi) is 5.17. The number of anilines is 1. The van der Waals surface area contributed by atoms with Crippen molar-refractivity contribution in [3.8, 4) is 0 Å². The van der Waals surface area contributed by atoms with Gasteiger partial charge < -0.3 is 10.6 Å². The molecule has 0 spiro atoms. The maximum Gasteiger partial charge on any atom is 0.270 e. The zero-order valence-corrected chi connectivity index (χ0v) is 19.6. The van der Waals surface area contributed by atoms with Gasteiger partial charge in [0.05, 0.1) is 29.6 Å². The minimum absolute atomic E-state index is 0.190. The maximum absolute atomic E-state index is 13.0. The maximum atomic E-state index is 13.0. The van der Waals surface area contributed by atoms with Crippen LogP contribution >= 0.6 is 0 Å². The van der Waals surface area contributed by atoms with Crippen molar-refractivity contribution in [3.63, 3.8) is 0 Å². The first kappa shape index (κ1) is 21.3. The molecule has 0 aliphatic heterocycles. The minimum atomic E-state index is -0.190. The Balaban J connectivity index is 1.13. The number of para-hydroxylation sites is 1. The van der Waals surface area contributed by atoms with Crippen molar-refractivity contribution in [2.75, 3.05) is 11.9 Å². The van der Waals surface area contributed by atoms with E-state index in [0.717, 1.165) is 34.4 Å². The van der Waals surface area contributed by atoms with Crippen molar-refractivity contribution < 1.29 is 4.79 Å². The molecule has 1 aliphatic carbocycles. The molecule has 1 amide bonds. The van der Waals surface area contributed by atoms with Crippen molar-refractivity contribution in [2.24, 2.45) is 13.0 Å². The first-order valence-corrected chi connectivity index (χ1v) is 11.8. The number of nitrogens with one attached hydrogen (secondary N) is 2. The van der Waals surface area contributed by atoms with Gasteiger partial charge in [-0.3, -0.25) is 14.5 Å². The number of aromatic nitrogens is 6. The predicted molar refractivity (Wildman–Crippen MR) is 133 cm³/mol. The van der Waals surface area contributed by atoms with E-state index in [-0.39, 0.29) is 5.91 Å². The molecule has 9 nitrogen and oxygen atoms in total. The summed E-state index contributed by atoms with van der Waals surface area (Å²) in [5.74, 6) is 1.28. The lowest BCUT2D eigenvalue weighted by molar-refractivity contribution is 0.0946. The summed E-state index contributed by atoms with van der Waals surface area (Å²) in [7, 11) is 1.91. The van der Waals surface area contributed by atoms with Crippen LogP contribution in [0.1, 0.15) is 39.9 Å². The van der Waals surface area contributed by atoms with Crippen LogP contribution < -0.4 is 10.6 Å².